The molecule has 126 valence electrons. The molecule has 0 spiro atoms. The van der Waals surface area contributed by atoms with Crippen LogP contribution in [0, 0.1) is 5.92 Å². The molecule has 1 aromatic carbocycles. The average molecular weight is 365 g/mol. The van der Waals surface area contributed by atoms with Crippen LogP contribution in [0.2, 0.25) is 10.0 Å². The Balaban J connectivity index is 1.52. The van der Waals surface area contributed by atoms with Gasteiger partial charge in [0.15, 0.2) is 5.82 Å². The van der Waals surface area contributed by atoms with Crippen molar-refractivity contribution in [3.05, 3.63) is 40.5 Å². The van der Waals surface area contributed by atoms with Crippen LogP contribution < -0.4 is 10.6 Å². The number of rotatable bonds is 3. The lowest BCUT2D eigenvalue weighted by Crippen LogP contribution is -2.51. The van der Waals surface area contributed by atoms with Gasteiger partial charge in [-0.3, -0.25) is 4.79 Å². The van der Waals surface area contributed by atoms with Gasteiger partial charge in [-0.1, -0.05) is 29.6 Å². The molecule has 1 aliphatic carbocycles. The number of anilines is 1. The van der Waals surface area contributed by atoms with Gasteiger partial charge in [0.05, 0.1) is 16.2 Å². The van der Waals surface area contributed by atoms with Crippen molar-refractivity contribution in [2.45, 2.75) is 31.2 Å². The first kappa shape index (κ1) is 15.9. The third kappa shape index (κ3) is 2.81. The maximum atomic E-state index is 12.7. The zero-order chi connectivity index (χ0) is 16.7. The van der Waals surface area contributed by atoms with Crippen molar-refractivity contribution in [3.63, 3.8) is 0 Å². The van der Waals surface area contributed by atoms with E-state index in [0.717, 1.165) is 31.5 Å². The zero-order valence-electron chi connectivity index (χ0n) is 13.1. The minimum Gasteiger partial charge on any atom is -0.308 e. The maximum Gasteiger partial charge on any atom is 0.245 e. The normalized spacial score (nSPS) is 25.7. The first-order valence-corrected chi connectivity index (χ1v) is 8.89. The molecular weight excluding hydrogens is 347 g/mol. The summed E-state index contributed by atoms with van der Waals surface area (Å²) in [5.74, 6) is 1.16. The topological polar surface area (TPSA) is 59.0 Å². The van der Waals surface area contributed by atoms with E-state index in [9.17, 15) is 4.79 Å². The van der Waals surface area contributed by atoms with Gasteiger partial charge in [-0.05, 0) is 49.9 Å². The summed E-state index contributed by atoms with van der Waals surface area (Å²) in [7, 11) is 0. The molecule has 2 aromatic rings. The zero-order valence-corrected chi connectivity index (χ0v) is 14.6. The quantitative estimate of drug-likeness (QED) is 0.873. The minimum absolute atomic E-state index is 0.0113. The Hall–Kier alpha value is -1.56. The highest BCUT2D eigenvalue weighted by Gasteiger charge is 2.47. The summed E-state index contributed by atoms with van der Waals surface area (Å²) in [4.78, 5) is 12.7. The van der Waals surface area contributed by atoms with Crippen molar-refractivity contribution in [3.8, 4) is 5.69 Å². The van der Waals surface area contributed by atoms with E-state index in [-0.39, 0.29) is 5.91 Å². The molecular formula is C17H18Cl2N4O. The molecule has 2 fully saturated rings. The lowest BCUT2D eigenvalue weighted by molar-refractivity contribution is -0.122. The summed E-state index contributed by atoms with van der Waals surface area (Å²) in [6, 6.07) is 7.00. The van der Waals surface area contributed by atoms with Crippen molar-refractivity contribution < 1.29 is 4.79 Å². The molecule has 7 heteroatoms. The number of halogens is 2. The fraction of sp³-hybridized carbons (Fsp3) is 0.412. The smallest absolute Gasteiger partial charge is 0.245 e. The predicted octanol–water partition coefficient (Wildman–Crippen LogP) is 3.65. The van der Waals surface area contributed by atoms with Crippen molar-refractivity contribution in [1.82, 2.24) is 15.1 Å². The molecule has 1 saturated carbocycles. The molecule has 1 saturated heterocycles. The first-order chi connectivity index (χ1) is 11.6. The van der Waals surface area contributed by atoms with Crippen molar-refractivity contribution >= 4 is 34.9 Å². The molecule has 2 unspecified atom stereocenters. The van der Waals surface area contributed by atoms with Crippen LogP contribution in [0.3, 0.4) is 0 Å². The fourth-order valence-corrected chi connectivity index (χ4v) is 4.27. The first-order valence-electron chi connectivity index (χ1n) is 8.13. The highest BCUT2D eigenvalue weighted by molar-refractivity contribution is 6.35. The van der Waals surface area contributed by atoms with Crippen LogP contribution >= 0.6 is 23.2 Å². The Morgan fingerprint density at radius 1 is 1.38 bits per heavy atom. The van der Waals surface area contributed by atoms with Gasteiger partial charge in [-0.15, -0.1) is 0 Å². The largest absolute Gasteiger partial charge is 0.308 e. The Labute approximate surface area is 150 Å². The van der Waals surface area contributed by atoms with Gasteiger partial charge in [0.1, 0.15) is 0 Å². The van der Waals surface area contributed by atoms with Crippen LogP contribution in [0.5, 0.6) is 0 Å². The number of hydrogen-bond donors (Lipinski definition) is 2. The predicted molar refractivity (Wildman–Crippen MR) is 94.9 cm³/mol. The summed E-state index contributed by atoms with van der Waals surface area (Å²) >= 11 is 12.1. The van der Waals surface area contributed by atoms with Gasteiger partial charge < -0.3 is 10.6 Å². The average Bonchev–Trinajstić information content (AvgIpc) is 3.13. The Morgan fingerprint density at radius 3 is 3.08 bits per heavy atom. The van der Waals surface area contributed by atoms with E-state index >= 15 is 0 Å². The van der Waals surface area contributed by atoms with E-state index in [2.05, 4.69) is 15.7 Å². The van der Waals surface area contributed by atoms with Gasteiger partial charge in [-0.25, -0.2) is 4.68 Å². The maximum absolute atomic E-state index is 12.7. The van der Waals surface area contributed by atoms with E-state index in [1.165, 1.54) is 6.42 Å². The molecule has 1 aromatic heterocycles. The number of carbonyl (C=O) groups is 1. The highest BCUT2D eigenvalue weighted by Crippen LogP contribution is 2.38. The van der Waals surface area contributed by atoms with Gasteiger partial charge in [0, 0.05) is 17.3 Å². The molecule has 2 heterocycles. The lowest BCUT2D eigenvalue weighted by atomic mass is 9.79. The number of aromatic nitrogens is 2. The van der Waals surface area contributed by atoms with Crippen LogP contribution in [0.15, 0.2) is 30.5 Å². The summed E-state index contributed by atoms with van der Waals surface area (Å²) in [5.41, 5.74) is 0.293. The third-order valence-corrected chi connectivity index (χ3v) is 5.54. The van der Waals surface area contributed by atoms with Crippen LogP contribution in [0.4, 0.5) is 5.82 Å². The Kier molecular flexibility index (Phi) is 4.03. The fourth-order valence-electron chi connectivity index (χ4n) is 3.78. The molecule has 1 amide bonds. The molecule has 2 atom stereocenters. The van der Waals surface area contributed by atoms with Gasteiger partial charge in [0.2, 0.25) is 5.91 Å². The number of carbonyl (C=O) groups excluding carboxylic acids is 1. The lowest BCUT2D eigenvalue weighted by Gasteiger charge is -2.31. The molecule has 2 N–H and O–H groups in total. The minimum atomic E-state index is -0.426. The Bertz CT molecular complexity index is 787. The van der Waals surface area contributed by atoms with E-state index in [1.54, 1.807) is 35.1 Å². The van der Waals surface area contributed by atoms with E-state index < -0.39 is 5.54 Å². The summed E-state index contributed by atoms with van der Waals surface area (Å²) < 4.78 is 1.64. The Morgan fingerprint density at radius 2 is 2.25 bits per heavy atom. The summed E-state index contributed by atoms with van der Waals surface area (Å²) in [6.07, 6.45) is 5.89. The van der Waals surface area contributed by atoms with Crippen molar-refractivity contribution in [2.24, 2.45) is 5.92 Å². The second kappa shape index (κ2) is 6.06. The number of hydrogen-bond acceptors (Lipinski definition) is 3. The van der Waals surface area contributed by atoms with E-state index in [1.807, 2.05) is 0 Å². The van der Waals surface area contributed by atoms with Gasteiger partial charge >= 0.3 is 0 Å². The number of fused-ring (bicyclic) bond motifs is 2. The van der Waals surface area contributed by atoms with Crippen LogP contribution in [-0.4, -0.2) is 27.8 Å². The molecule has 4 rings (SSSR count). The standard InChI is InChI=1S/C17H18Cl2N4O/c18-12-3-4-14(13(19)8-12)23-7-5-15(22-23)21-16(24)17-6-1-2-11(9-17)10-20-17/h3-5,7-8,11,20H,1-2,6,9-10H2,(H,21,22,24). The third-order valence-electron chi connectivity index (χ3n) is 5.00. The highest BCUT2D eigenvalue weighted by atomic mass is 35.5. The summed E-state index contributed by atoms with van der Waals surface area (Å²) in [5, 5.41) is 11.9. The number of nitrogens with one attached hydrogen (secondary N) is 2. The SMILES string of the molecule is O=C(Nc1ccn(-c2ccc(Cl)cc2Cl)n1)C12CCCC(CN1)C2. The molecule has 2 aliphatic rings. The van der Waals surface area contributed by atoms with Gasteiger partial charge in [-0.2, -0.15) is 5.10 Å². The van der Waals surface area contributed by atoms with E-state index in [0.29, 0.717) is 21.8 Å². The van der Waals surface area contributed by atoms with Gasteiger partial charge in [0.25, 0.3) is 0 Å². The molecule has 2 bridgehead atoms. The molecule has 24 heavy (non-hydrogen) atoms. The number of amides is 1. The van der Waals surface area contributed by atoms with Crippen LogP contribution in [0.25, 0.3) is 5.69 Å². The van der Waals surface area contributed by atoms with Crippen LogP contribution in [-0.2, 0) is 4.79 Å². The number of nitrogens with zero attached hydrogens (tertiary/aromatic N) is 2. The second-order valence-electron chi connectivity index (χ2n) is 6.62. The molecule has 0 radical (unpaired) electrons. The summed E-state index contributed by atoms with van der Waals surface area (Å²) in [6.45, 7) is 0.933. The monoisotopic (exact) mass is 364 g/mol. The van der Waals surface area contributed by atoms with Crippen LogP contribution in [0.1, 0.15) is 25.7 Å². The number of benzene rings is 1. The van der Waals surface area contributed by atoms with Crippen molar-refractivity contribution in [1.29, 1.82) is 0 Å². The second-order valence-corrected chi connectivity index (χ2v) is 7.46. The van der Waals surface area contributed by atoms with Crippen molar-refractivity contribution in [2.75, 3.05) is 11.9 Å². The molecule has 5 nitrogen and oxygen atoms in total. The van der Waals surface area contributed by atoms with E-state index in [4.69, 9.17) is 23.2 Å². The molecule has 1 aliphatic heterocycles.